The van der Waals surface area contributed by atoms with Crippen LogP contribution in [0.1, 0.15) is 30.1 Å². The van der Waals surface area contributed by atoms with Crippen LogP contribution in [0.3, 0.4) is 0 Å². The summed E-state index contributed by atoms with van der Waals surface area (Å²) < 4.78 is 12.8. The van der Waals surface area contributed by atoms with Crippen LogP contribution in [0.25, 0.3) is 33.1 Å². The van der Waals surface area contributed by atoms with Gasteiger partial charge in [-0.3, -0.25) is 14.5 Å². The predicted molar refractivity (Wildman–Crippen MR) is 117 cm³/mol. The molecule has 33 heavy (non-hydrogen) atoms. The molecule has 4 aromatic heterocycles. The Labute approximate surface area is 201 Å². The van der Waals surface area contributed by atoms with Crippen LogP contribution in [0.4, 0.5) is 0 Å². The zero-order chi connectivity index (χ0) is 21.7. The zero-order valence-corrected chi connectivity index (χ0v) is 19.9. The molecule has 8 nitrogen and oxygen atoms in total. The number of benzene rings is 1. The first-order chi connectivity index (χ1) is 15.0. The second-order valence-corrected chi connectivity index (χ2v) is 7.52. The van der Waals surface area contributed by atoms with E-state index in [2.05, 4.69) is 20.1 Å². The number of hydrogen-bond donors (Lipinski definition) is 1. The summed E-state index contributed by atoms with van der Waals surface area (Å²) in [5, 5.41) is 4.87. The van der Waals surface area contributed by atoms with Crippen LogP contribution in [-0.2, 0) is 0 Å². The molecule has 10 heteroatoms. The molecule has 0 spiro atoms. The maximum absolute atomic E-state index is 12.9. The standard InChI is InChI=1S/C23H21N5O3.2ClH/c1-12-21(14(3)31-27-12)16-9-18-15(10-20(16)30-4)22-19(11-25-18)26-23(29)28(22)13(2)17-7-5-6-8-24-17;;/h5-11,13H,1-4H3,(H,26,29);2*1H/p-2. The number of halogens is 2. The van der Waals surface area contributed by atoms with Gasteiger partial charge >= 0.3 is 5.69 Å². The molecule has 1 atom stereocenters. The molecule has 5 aromatic rings. The summed E-state index contributed by atoms with van der Waals surface area (Å²) >= 11 is 0. The summed E-state index contributed by atoms with van der Waals surface area (Å²) in [6.45, 7) is 5.72. The molecule has 0 amide bonds. The van der Waals surface area contributed by atoms with Crippen molar-refractivity contribution in [3.05, 3.63) is 70.4 Å². The Hall–Kier alpha value is -3.36. The molecule has 172 valence electrons. The highest BCUT2D eigenvalue weighted by molar-refractivity contribution is 6.04. The van der Waals surface area contributed by atoms with E-state index in [4.69, 9.17) is 9.26 Å². The van der Waals surface area contributed by atoms with Crippen LogP contribution in [-0.4, -0.2) is 31.8 Å². The van der Waals surface area contributed by atoms with Gasteiger partial charge in [0.15, 0.2) is 0 Å². The highest BCUT2D eigenvalue weighted by Gasteiger charge is 2.22. The third-order valence-electron chi connectivity index (χ3n) is 5.67. The lowest BCUT2D eigenvalue weighted by Gasteiger charge is -2.15. The van der Waals surface area contributed by atoms with Gasteiger partial charge in [-0.1, -0.05) is 11.2 Å². The van der Waals surface area contributed by atoms with Crippen molar-refractivity contribution in [3.8, 4) is 16.9 Å². The van der Waals surface area contributed by atoms with E-state index >= 15 is 0 Å². The number of rotatable bonds is 4. The molecule has 5 rings (SSSR count). The summed E-state index contributed by atoms with van der Waals surface area (Å²) in [5.41, 5.74) is 5.26. The molecular formula is C23H21Cl2N5O3-2. The van der Waals surface area contributed by atoms with Gasteiger partial charge < -0.3 is 39.1 Å². The summed E-state index contributed by atoms with van der Waals surface area (Å²) in [6, 6.07) is 9.29. The van der Waals surface area contributed by atoms with E-state index in [-0.39, 0.29) is 36.5 Å². The molecule has 0 fully saturated rings. The Balaban J connectivity index is 0.00000153. The van der Waals surface area contributed by atoms with Crippen molar-refractivity contribution in [1.82, 2.24) is 24.7 Å². The molecule has 0 aliphatic carbocycles. The van der Waals surface area contributed by atoms with Gasteiger partial charge in [-0.25, -0.2) is 4.79 Å². The first kappa shape index (κ1) is 24.3. The van der Waals surface area contributed by atoms with E-state index in [0.717, 1.165) is 38.9 Å². The Morgan fingerprint density at radius 1 is 1.15 bits per heavy atom. The van der Waals surface area contributed by atoms with Crippen LogP contribution < -0.4 is 35.2 Å². The third kappa shape index (κ3) is 3.85. The largest absolute Gasteiger partial charge is 1.00 e. The number of hydrogen-bond acceptors (Lipinski definition) is 6. The average Bonchev–Trinajstić information content (AvgIpc) is 3.30. The monoisotopic (exact) mass is 485 g/mol. The third-order valence-corrected chi connectivity index (χ3v) is 5.67. The summed E-state index contributed by atoms with van der Waals surface area (Å²) in [7, 11) is 1.62. The lowest BCUT2D eigenvalue weighted by atomic mass is 10.0. The molecule has 0 aliphatic heterocycles. The minimum atomic E-state index is -0.263. The molecule has 1 N–H and O–H groups in total. The van der Waals surface area contributed by atoms with E-state index in [1.54, 1.807) is 24.1 Å². The average molecular weight is 486 g/mol. The zero-order valence-electron chi connectivity index (χ0n) is 18.4. The van der Waals surface area contributed by atoms with Crippen LogP contribution in [0, 0.1) is 13.8 Å². The van der Waals surface area contributed by atoms with E-state index in [1.165, 1.54) is 0 Å². The topological polar surface area (TPSA) is 98.8 Å². The van der Waals surface area contributed by atoms with Crippen LogP contribution in [0.15, 0.2) is 52.0 Å². The number of aromatic nitrogens is 5. The van der Waals surface area contributed by atoms with Gasteiger partial charge in [0.25, 0.3) is 0 Å². The number of aryl methyl sites for hydroxylation is 2. The van der Waals surface area contributed by atoms with Crippen LogP contribution in [0.2, 0.25) is 0 Å². The minimum Gasteiger partial charge on any atom is -1.00 e. The molecule has 1 aromatic carbocycles. The van der Waals surface area contributed by atoms with Gasteiger partial charge in [-0.15, -0.1) is 0 Å². The number of aromatic amines is 1. The highest BCUT2D eigenvalue weighted by atomic mass is 35.5. The Bertz CT molecular complexity index is 1470. The lowest BCUT2D eigenvalue weighted by Crippen LogP contribution is -3.00. The Morgan fingerprint density at radius 3 is 2.58 bits per heavy atom. The first-order valence-corrected chi connectivity index (χ1v) is 9.94. The number of pyridine rings is 2. The van der Waals surface area contributed by atoms with Gasteiger partial charge in [0.2, 0.25) is 0 Å². The molecule has 0 saturated carbocycles. The maximum Gasteiger partial charge on any atom is 0.327 e. The Kier molecular flexibility index (Phi) is 6.81. The van der Waals surface area contributed by atoms with Gasteiger partial charge in [0.1, 0.15) is 11.5 Å². The molecule has 4 heterocycles. The fourth-order valence-corrected chi connectivity index (χ4v) is 4.19. The fourth-order valence-electron chi connectivity index (χ4n) is 4.19. The van der Waals surface area contributed by atoms with E-state index in [1.807, 2.05) is 51.1 Å². The van der Waals surface area contributed by atoms with Gasteiger partial charge in [0.05, 0.1) is 52.8 Å². The smallest absolute Gasteiger partial charge is 0.327 e. The number of ether oxygens (including phenoxy) is 1. The van der Waals surface area contributed by atoms with Crippen molar-refractivity contribution >= 4 is 21.9 Å². The van der Waals surface area contributed by atoms with Crippen molar-refractivity contribution in [2.45, 2.75) is 26.8 Å². The molecule has 0 radical (unpaired) electrons. The number of methoxy groups -OCH3 is 1. The van der Waals surface area contributed by atoms with Crippen molar-refractivity contribution in [3.63, 3.8) is 0 Å². The van der Waals surface area contributed by atoms with E-state index in [9.17, 15) is 4.79 Å². The Morgan fingerprint density at radius 2 is 1.94 bits per heavy atom. The van der Waals surface area contributed by atoms with Crippen molar-refractivity contribution in [2.24, 2.45) is 0 Å². The quantitative estimate of drug-likeness (QED) is 0.321. The lowest BCUT2D eigenvalue weighted by molar-refractivity contribution is -0.001000. The molecular weight excluding hydrogens is 465 g/mol. The fraction of sp³-hybridized carbons (Fsp3) is 0.217. The molecule has 0 saturated heterocycles. The summed E-state index contributed by atoms with van der Waals surface area (Å²) in [4.78, 5) is 24.8. The van der Waals surface area contributed by atoms with Crippen LogP contribution in [0.5, 0.6) is 5.75 Å². The first-order valence-electron chi connectivity index (χ1n) is 9.94. The van der Waals surface area contributed by atoms with Crippen LogP contribution >= 0.6 is 0 Å². The van der Waals surface area contributed by atoms with Gasteiger partial charge in [-0.2, -0.15) is 0 Å². The van der Waals surface area contributed by atoms with E-state index in [0.29, 0.717) is 17.0 Å². The van der Waals surface area contributed by atoms with Crippen molar-refractivity contribution < 1.29 is 34.1 Å². The maximum atomic E-state index is 12.9. The summed E-state index contributed by atoms with van der Waals surface area (Å²) in [5.74, 6) is 1.36. The van der Waals surface area contributed by atoms with Gasteiger partial charge in [-0.05, 0) is 45.0 Å². The predicted octanol–water partition coefficient (Wildman–Crippen LogP) is -1.83. The summed E-state index contributed by atoms with van der Waals surface area (Å²) in [6.07, 6.45) is 3.41. The second-order valence-electron chi connectivity index (χ2n) is 7.52. The normalized spacial score (nSPS) is 11.8. The van der Waals surface area contributed by atoms with Gasteiger partial charge in [0, 0.05) is 17.1 Å². The van der Waals surface area contributed by atoms with Crippen molar-refractivity contribution in [1.29, 1.82) is 0 Å². The number of nitrogens with one attached hydrogen (secondary N) is 1. The highest BCUT2D eigenvalue weighted by Crippen LogP contribution is 2.39. The molecule has 0 aliphatic rings. The van der Waals surface area contributed by atoms with Crippen molar-refractivity contribution in [2.75, 3.05) is 7.11 Å². The number of fused-ring (bicyclic) bond motifs is 3. The second kappa shape index (κ2) is 9.25. The SMILES string of the molecule is COc1cc2c(cc1-c1c(C)noc1C)ncc1[nH]c(=O)n(C(C)c3ccccn3)c12.[Cl-].[Cl-]. The minimum absolute atomic E-state index is 0. The molecule has 1 unspecified atom stereocenters. The molecule has 0 bridgehead atoms. The number of nitrogens with zero attached hydrogens (tertiary/aromatic N) is 4. The van der Waals surface area contributed by atoms with E-state index < -0.39 is 0 Å². The number of imidazole rings is 1. The number of H-pyrrole nitrogens is 1.